The zero-order valence-electron chi connectivity index (χ0n) is 16.5. The fraction of sp³-hybridized carbons (Fsp3) is 0.500. The van der Waals surface area contributed by atoms with E-state index in [9.17, 15) is 9.18 Å². The number of rotatable bonds is 8. The molecule has 7 nitrogen and oxygen atoms in total. The van der Waals surface area contributed by atoms with Gasteiger partial charge in [0.1, 0.15) is 5.82 Å². The van der Waals surface area contributed by atoms with Gasteiger partial charge in [-0.1, -0.05) is 18.2 Å². The predicted octanol–water partition coefficient (Wildman–Crippen LogP) is 3.08. The molecular formula is C20H25FN6OS. The number of benzene rings is 1. The van der Waals surface area contributed by atoms with Crippen molar-refractivity contribution in [2.45, 2.75) is 43.8 Å². The van der Waals surface area contributed by atoms with Crippen LogP contribution in [0.15, 0.2) is 29.4 Å². The van der Waals surface area contributed by atoms with E-state index >= 15 is 0 Å². The van der Waals surface area contributed by atoms with E-state index in [-0.39, 0.29) is 29.9 Å². The molecule has 1 atom stereocenters. The van der Waals surface area contributed by atoms with Gasteiger partial charge in [-0.3, -0.25) is 14.3 Å². The van der Waals surface area contributed by atoms with E-state index in [0.717, 1.165) is 24.6 Å². The summed E-state index contributed by atoms with van der Waals surface area (Å²) in [4.78, 5) is 14.4. The quantitative estimate of drug-likeness (QED) is 0.526. The number of halogens is 1. The second kappa shape index (κ2) is 10.4. The molecule has 1 unspecified atom stereocenters. The van der Waals surface area contributed by atoms with Gasteiger partial charge in [-0.15, -0.1) is 10.2 Å². The second-order valence-corrected chi connectivity index (χ2v) is 7.91. The zero-order chi connectivity index (χ0) is 20.6. The van der Waals surface area contributed by atoms with Crippen LogP contribution in [-0.4, -0.2) is 51.0 Å². The van der Waals surface area contributed by atoms with Crippen LogP contribution in [0.3, 0.4) is 0 Å². The van der Waals surface area contributed by atoms with E-state index in [1.54, 1.807) is 12.1 Å². The van der Waals surface area contributed by atoms with Gasteiger partial charge in [0, 0.05) is 12.2 Å². The maximum Gasteiger partial charge on any atom is 0.230 e. The molecular weight excluding hydrogens is 391 g/mol. The summed E-state index contributed by atoms with van der Waals surface area (Å²) < 4.78 is 15.4. The van der Waals surface area contributed by atoms with Gasteiger partial charge in [0.2, 0.25) is 5.91 Å². The SMILES string of the molecule is CC(c1nnc(SCC(=O)NCCC#N)n1-c1ccc(F)cc1)N1CCCCC1. The van der Waals surface area contributed by atoms with E-state index in [4.69, 9.17) is 5.26 Å². The highest BCUT2D eigenvalue weighted by molar-refractivity contribution is 7.99. The molecule has 154 valence electrons. The highest BCUT2D eigenvalue weighted by Crippen LogP contribution is 2.29. The molecule has 9 heteroatoms. The summed E-state index contributed by atoms with van der Waals surface area (Å²) >= 11 is 1.28. The number of nitrogens with zero attached hydrogens (tertiary/aromatic N) is 5. The Balaban J connectivity index is 1.82. The first-order valence-electron chi connectivity index (χ1n) is 9.82. The van der Waals surface area contributed by atoms with Crippen LogP contribution >= 0.6 is 11.8 Å². The van der Waals surface area contributed by atoms with Crippen molar-refractivity contribution >= 4 is 17.7 Å². The van der Waals surface area contributed by atoms with Crippen LogP contribution in [-0.2, 0) is 4.79 Å². The maximum absolute atomic E-state index is 13.5. The Kier molecular flexibility index (Phi) is 7.61. The summed E-state index contributed by atoms with van der Waals surface area (Å²) in [6, 6.07) is 8.27. The van der Waals surface area contributed by atoms with Crippen molar-refractivity contribution in [1.29, 1.82) is 5.26 Å². The van der Waals surface area contributed by atoms with Crippen molar-refractivity contribution in [3.05, 3.63) is 35.9 Å². The van der Waals surface area contributed by atoms with Gasteiger partial charge >= 0.3 is 0 Å². The van der Waals surface area contributed by atoms with Crippen LogP contribution in [0.2, 0.25) is 0 Å². The molecule has 29 heavy (non-hydrogen) atoms. The van der Waals surface area contributed by atoms with Crippen LogP contribution in [0.5, 0.6) is 0 Å². The molecule has 0 radical (unpaired) electrons. The molecule has 3 rings (SSSR count). The first-order chi connectivity index (χ1) is 14.1. The topological polar surface area (TPSA) is 86.8 Å². The van der Waals surface area contributed by atoms with Crippen molar-refractivity contribution in [2.24, 2.45) is 0 Å². The number of hydrogen-bond donors (Lipinski definition) is 1. The lowest BCUT2D eigenvalue weighted by Gasteiger charge is -2.31. The number of carbonyl (C=O) groups excluding carboxylic acids is 1. The maximum atomic E-state index is 13.5. The van der Waals surface area contributed by atoms with E-state index in [2.05, 4.69) is 27.3 Å². The smallest absolute Gasteiger partial charge is 0.230 e. The van der Waals surface area contributed by atoms with Gasteiger partial charge in [-0.05, 0) is 57.1 Å². The van der Waals surface area contributed by atoms with Gasteiger partial charge in [0.25, 0.3) is 0 Å². The fourth-order valence-corrected chi connectivity index (χ4v) is 4.17. The third-order valence-electron chi connectivity index (χ3n) is 4.95. The molecule has 1 aromatic carbocycles. The standard InChI is InChI=1S/C20H25FN6OS/c1-15(26-12-3-2-4-13-26)19-24-25-20(29-14-18(28)23-11-5-10-22)27(19)17-8-6-16(21)7-9-17/h6-9,15H,2-5,11-14H2,1H3,(H,23,28). The van der Waals surface area contributed by atoms with Crippen LogP contribution in [0.4, 0.5) is 4.39 Å². The number of nitrogens with one attached hydrogen (secondary N) is 1. The van der Waals surface area contributed by atoms with Gasteiger partial charge < -0.3 is 5.32 Å². The highest BCUT2D eigenvalue weighted by atomic mass is 32.2. The number of likely N-dealkylation sites (tertiary alicyclic amines) is 1. The molecule has 1 aliphatic rings. The van der Waals surface area contributed by atoms with Crippen LogP contribution in [0.1, 0.15) is 44.5 Å². The first kappa shape index (κ1) is 21.3. The van der Waals surface area contributed by atoms with E-state index in [1.165, 1.54) is 43.2 Å². The molecule has 2 aromatic rings. The molecule has 0 spiro atoms. The number of nitriles is 1. The lowest BCUT2D eigenvalue weighted by Crippen LogP contribution is -2.33. The summed E-state index contributed by atoms with van der Waals surface area (Å²) in [5, 5.41) is 20.6. The monoisotopic (exact) mass is 416 g/mol. The number of piperidine rings is 1. The summed E-state index contributed by atoms with van der Waals surface area (Å²) in [5.74, 6) is 0.483. The van der Waals surface area contributed by atoms with Gasteiger partial charge in [-0.25, -0.2) is 4.39 Å². The van der Waals surface area contributed by atoms with Gasteiger partial charge in [0.05, 0.1) is 24.3 Å². The molecule has 1 N–H and O–H groups in total. The largest absolute Gasteiger partial charge is 0.354 e. The van der Waals surface area contributed by atoms with E-state index in [0.29, 0.717) is 11.7 Å². The van der Waals surface area contributed by atoms with Crippen molar-refractivity contribution < 1.29 is 9.18 Å². The Hall–Kier alpha value is -2.44. The summed E-state index contributed by atoms with van der Waals surface area (Å²) in [7, 11) is 0. The minimum absolute atomic E-state index is 0.0617. The molecule has 0 aliphatic carbocycles. The van der Waals surface area contributed by atoms with E-state index in [1.807, 2.05) is 10.6 Å². The second-order valence-electron chi connectivity index (χ2n) is 6.97. The minimum atomic E-state index is -0.307. The number of aromatic nitrogens is 3. The molecule has 0 saturated carbocycles. The highest BCUT2D eigenvalue weighted by Gasteiger charge is 2.25. The van der Waals surface area contributed by atoms with E-state index < -0.39 is 0 Å². The summed E-state index contributed by atoms with van der Waals surface area (Å²) in [5.41, 5.74) is 0.766. The third kappa shape index (κ3) is 5.55. The van der Waals surface area contributed by atoms with Crippen LogP contribution in [0, 0.1) is 17.1 Å². The molecule has 2 heterocycles. The summed E-state index contributed by atoms with van der Waals surface area (Å²) in [6.45, 7) is 4.47. The number of amides is 1. The van der Waals surface area contributed by atoms with Gasteiger partial charge in [0.15, 0.2) is 11.0 Å². The van der Waals surface area contributed by atoms with Crippen molar-refractivity contribution in [1.82, 2.24) is 25.0 Å². The number of hydrogen-bond acceptors (Lipinski definition) is 6. The zero-order valence-corrected chi connectivity index (χ0v) is 17.3. The van der Waals surface area contributed by atoms with Gasteiger partial charge in [-0.2, -0.15) is 5.26 Å². The Morgan fingerprint density at radius 3 is 2.69 bits per heavy atom. The molecule has 1 saturated heterocycles. The third-order valence-corrected chi connectivity index (χ3v) is 5.88. The number of carbonyl (C=O) groups is 1. The van der Waals surface area contributed by atoms with Crippen molar-refractivity contribution in [3.63, 3.8) is 0 Å². The molecule has 1 aliphatic heterocycles. The average molecular weight is 417 g/mol. The Morgan fingerprint density at radius 1 is 1.28 bits per heavy atom. The fourth-order valence-electron chi connectivity index (χ4n) is 3.39. The van der Waals surface area contributed by atoms with Crippen molar-refractivity contribution in [2.75, 3.05) is 25.4 Å². The van der Waals surface area contributed by atoms with Crippen molar-refractivity contribution in [3.8, 4) is 11.8 Å². The average Bonchev–Trinajstić information content (AvgIpc) is 3.17. The summed E-state index contributed by atoms with van der Waals surface area (Å²) in [6.07, 6.45) is 3.86. The Labute approximate surface area is 174 Å². The molecule has 1 aromatic heterocycles. The number of thioether (sulfide) groups is 1. The first-order valence-corrected chi connectivity index (χ1v) is 10.8. The molecule has 0 bridgehead atoms. The Bertz CT molecular complexity index is 857. The van der Waals surface area contributed by atoms with Crippen LogP contribution in [0.25, 0.3) is 5.69 Å². The lowest BCUT2D eigenvalue weighted by molar-refractivity contribution is -0.118. The van der Waals surface area contributed by atoms with Crippen LogP contribution < -0.4 is 5.32 Å². The Morgan fingerprint density at radius 2 is 2.00 bits per heavy atom. The predicted molar refractivity (Wildman–Crippen MR) is 109 cm³/mol. The molecule has 1 amide bonds. The molecule has 1 fully saturated rings. The lowest BCUT2D eigenvalue weighted by atomic mass is 10.1. The normalized spacial score (nSPS) is 15.6. The minimum Gasteiger partial charge on any atom is -0.354 e.